The molecule has 2 aromatic heterocycles. The molecule has 0 aliphatic rings. The molecule has 2 rings (SSSR count). The van der Waals surface area contributed by atoms with Crippen LogP contribution in [-0.4, -0.2) is 25.0 Å². The summed E-state index contributed by atoms with van der Waals surface area (Å²) >= 11 is 0. The number of aliphatic hydroxyl groups is 1. The third kappa shape index (κ3) is 1.82. The quantitative estimate of drug-likeness (QED) is 0.759. The lowest BCUT2D eigenvalue weighted by Crippen LogP contribution is -1.99. The van der Waals surface area contributed by atoms with Gasteiger partial charge in [0.2, 0.25) is 5.88 Å². The number of nitrogens with zero attached hydrogens (tertiary/aromatic N) is 3. The fourth-order valence-corrected chi connectivity index (χ4v) is 1.29. The van der Waals surface area contributed by atoms with Gasteiger partial charge in [0, 0.05) is 12.3 Å². The van der Waals surface area contributed by atoms with Crippen molar-refractivity contribution in [2.45, 2.75) is 13.5 Å². The van der Waals surface area contributed by atoms with Crippen molar-refractivity contribution in [3.8, 4) is 11.7 Å². The zero-order valence-corrected chi connectivity index (χ0v) is 8.25. The maximum atomic E-state index is 9.52. The highest BCUT2D eigenvalue weighted by atomic mass is 16.3. The van der Waals surface area contributed by atoms with Gasteiger partial charge in [-0.15, -0.1) is 0 Å². The summed E-state index contributed by atoms with van der Waals surface area (Å²) in [5, 5.41) is 22.4. The van der Waals surface area contributed by atoms with Gasteiger partial charge < -0.3 is 10.2 Å². The van der Waals surface area contributed by atoms with E-state index in [1.165, 1.54) is 4.68 Å². The lowest BCUT2D eigenvalue weighted by Gasteiger charge is -2.02. The zero-order chi connectivity index (χ0) is 10.8. The van der Waals surface area contributed by atoms with Crippen LogP contribution in [-0.2, 0) is 6.61 Å². The first-order valence-corrected chi connectivity index (χ1v) is 4.52. The average Bonchev–Trinajstić information content (AvgIpc) is 2.58. The lowest BCUT2D eigenvalue weighted by molar-refractivity contribution is 0.281. The van der Waals surface area contributed by atoms with Crippen molar-refractivity contribution in [3.05, 3.63) is 35.7 Å². The molecule has 0 saturated carbocycles. The van der Waals surface area contributed by atoms with Crippen LogP contribution in [0.3, 0.4) is 0 Å². The first-order valence-electron chi connectivity index (χ1n) is 4.52. The van der Waals surface area contributed by atoms with Crippen LogP contribution < -0.4 is 0 Å². The Morgan fingerprint density at radius 2 is 2.20 bits per heavy atom. The van der Waals surface area contributed by atoms with Gasteiger partial charge in [-0.05, 0) is 18.6 Å². The first-order chi connectivity index (χ1) is 7.20. The average molecular weight is 205 g/mol. The molecule has 5 nitrogen and oxygen atoms in total. The highest BCUT2D eigenvalue weighted by Gasteiger charge is 2.06. The van der Waals surface area contributed by atoms with Gasteiger partial charge in [0.25, 0.3) is 0 Å². The Bertz CT molecular complexity index is 462. The smallest absolute Gasteiger partial charge is 0.215 e. The number of hydrogen-bond donors (Lipinski definition) is 2. The second-order valence-corrected chi connectivity index (χ2v) is 3.24. The highest BCUT2D eigenvalue weighted by molar-refractivity contribution is 5.30. The molecule has 0 unspecified atom stereocenters. The number of aliphatic hydroxyl groups excluding tert-OH is 1. The number of pyridine rings is 1. The van der Waals surface area contributed by atoms with Gasteiger partial charge in [0.1, 0.15) is 0 Å². The van der Waals surface area contributed by atoms with E-state index in [0.29, 0.717) is 5.82 Å². The first kappa shape index (κ1) is 9.67. The number of hydrogen-bond acceptors (Lipinski definition) is 4. The molecule has 0 amide bonds. The predicted molar refractivity (Wildman–Crippen MR) is 53.7 cm³/mol. The van der Waals surface area contributed by atoms with Gasteiger partial charge in [-0.1, -0.05) is 6.07 Å². The Morgan fingerprint density at radius 1 is 1.40 bits per heavy atom. The van der Waals surface area contributed by atoms with Gasteiger partial charge in [-0.2, -0.15) is 9.78 Å². The zero-order valence-electron chi connectivity index (χ0n) is 8.25. The monoisotopic (exact) mass is 205 g/mol. The Kier molecular flexibility index (Phi) is 2.39. The van der Waals surface area contributed by atoms with E-state index in [4.69, 9.17) is 5.11 Å². The van der Waals surface area contributed by atoms with Crippen molar-refractivity contribution < 1.29 is 10.2 Å². The molecule has 2 N–H and O–H groups in total. The van der Waals surface area contributed by atoms with Crippen LogP contribution >= 0.6 is 0 Å². The molecule has 0 saturated heterocycles. The molecule has 0 aliphatic heterocycles. The molecule has 15 heavy (non-hydrogen) atoms. The number of rotatable bonds is 2. The van der Waals surface area contributed by atoms with E-state index in [2.05, 4.69) is 10.1 Å². The summed E-state index contributed by atoms with van der Waals surface area (Å²) in [6, 6.07) is 4.98. The van der Waals surface area contributed by atoms with E-state index in [-0.39, 0.29) is 12.5 Å². The fourth-order valence-electron chi connectivity index (χ4n) is 1.29. The van der Waals surface area contributed by atoms with Crippen LogP contribution in [0.2, 0.25) is 0 Å². The van der Waals surface area contributed by atoms with Crippen LogP contribution in [0.1, 0.15) is 11.3 Å². The van der Waals surface area contributed by atoms with Gasteiger partial charge in [-0.25, -0.2) is 4.98 Å². The second kappa shape index (κ2) is 3.70. The van der Waals surface area contributed by atoms with Crippen LogP contribution in [0.25, 0.3) is 5.82 Å². The molecule has 2 heterocycles. The molecule has 0 radical (unpaired) electrons. The van der Waals surface area contributed by atoms with Crippen LogP contribution in [0.5, 0.6) is 5.88 Å². The normalized spacial score (nSPS) is 10.5. The van der Waals surface area contributed by atoms with Crippen molar-refractivity contribution in [1.82, 2.24) is 14.8 Å². The molecule has 0 aliphatic carbocycles. The molecular formula is C10H11N3O2. The summed E-state index contributed by atoms with van der Waals surface area (Å²) in [7, 11) is 0. The molecule has 0 bridgehead atoms. The topological polar surface area (TPSA) is 71.2 Å². The Morgan fingerprint density at radius 3 is 2.67 bits per heavy atom. The highest BCUT2D eigenvalue weighted by Crippen LogP contribution is 2.15. The fraction of sp³-hybridized carbons (Fsp3) is 0.200. The molecular weight excluding hydrogens is 194 g/mol. The molecule has 0 spiro atoms. The Balaban J connectivity index is 2.41. The minimum Gasteiger partial charge on any atom is -0.493 e. The molecule has 0 aromatic carbocycles. The number of aromatic nitrogens is 3. The number of aromatic hydroxyl groups is 1. The van der Waals surface area contributed by atoms with E-state index >= 15 is 0 Å². The summed E-state index contributed by atoms with van der Waals surface area (Å²) in [5.74, 6) is 0.578. The van der Waals surface area contributed by atoms with Gasteiger partial charge >= 0.3 is 0 Å². The third-order valence-electron chi connectivity index (χ3n) is 2.02. The van der Waals surface area contributed by atoms with Crippen molar-refractivity contribution in [1.29, 1.82) is 0 Å². The van der Waals surface area contributed by atoms with Crippen molar-refractivity contribution in [2.24, 2.45) is 0 Å². The van der Waals surface area contributed by atoms with Crippen LogP contribution in [0.15, 0.2) is 24.4 Å². The van der Waals surface area contributed by atoms with Gasteiger partial charge in [0.15, 0.2) is 5.82 Å². The summed E-state index contributed by atoms with van der Waals surface area (Å²) in [6.07, 6.45) is 1.55. The maximum Gasteiger partial charge on any atom is 0.215 e. The summed E-state index contributed by atoms with van der Waals surface area (Å²) in [6.45, 7) is 1.75. The largest absolute Gasteiger partial charge is 0.493 e. The third-order valence-corrected chi connectivity index (χ3v) is 2.02. The Hall–Kier alpha value is -1.88. The number of aryl methyl sites for hydroxylation is 1. The van der Waals surface area contributed by atoms with Crippen LogP contribution in [0.4, 0.5) is 0 Å². The summed E-state index contributed by atoms with van der Waals surface area (Å²) in [4.78, 5) is 4.07. The molecule has 0 fully saturated rings. The van der Waals surface area contributed by atoms with Crippen molar-refractivity contribution in [3.63, 3.8) is 0 Å². The maximum absolute atomic E-state index is 9.52. The van der Waals surface area contributed by atoms with Crippen molar-refractivity contribution >= 4 is 0 Å². The standard InChI is InChI=1S/C10H11N3O2/c1-7-4-10(15)13(12-7)9-3-2-8(6-14)5-11-9/h2-5,14-15H,6H2,1H3. The minimum atomic E-state index is -0.0442. The Labute approximate surface area is 86.6 Å². The van der Waals surface area contributed by atoms with Gasteiger partial charge in [-0.3, -0.25) is 0 Å². The van der Waals surface area contributed by atoms with E-state index in [1.54, 1.807) is 31.3 Å². The minimum absolute atomic E-state index is 0.0442. The summed E-state index contributed by atoms with van der Waals surface area (Å²) in [5.41, 5.74) is 1.45. The molecule has 0 atom stereocenters. The second-order valence-electron chi connectivity index (χ2n) is 3.24. The van der Waals surface area contributed by atoms with E-state index < -0.39 is 0 Å². The molecule has 78 valence electrons. The van der Waals surface area contributed by atoms with E-state index in [1.807, 2.05) is 0 Å². The van der Waals surface area contributed by atoms with Crippen molar-refractivity contribution in [2.75, 3.05) is 0 Å². The molecule has 2 aromatic rings. The van der Waals surface area contributed by atoms with Gasteiger partial charge in [0.05, 0.1) is 12.3 Å². The van der Waals surface area contributed by atoms with E-state index in [0.717, 1.165) is 11.3 Å². The lowest BCUT2D eigenvalue weighted by atomic mass is 10.3. The predicted octanol–water partition coefficient (Wildman–Crippen LogP) is 0.774. The SMILES string of the molecule is Cc1cc(O)n(-c2ccc(CO)cn2)n1. The van der Waals surface area contributed by atoms with E-state index in [9.17, 15) is 5.11 Å². The van der Waals surface area contributed by atoms with Crippen LogP contribution in [0, 0.1) is 6.92 Å². The molecule has 5 heteroatoms. The summed E-state index contributed by atoms with van der Waals surface area (Å²) < 4.78 is 1.34.